The number of rotatable bonds is 5. The molecular weight excluding hydrogens is 320 g/mol. The van der Waals surface area contributed by atoms with Crippen LogP contribution in [0.2, 0.25) is 5.28 Å². The number of hydrogen-bond donors (Lipinski definition) is 0. The third-order valence-corrected chi connectivity index (χ3v) is 4.04. The fraction of sp³-hybridized carbons (Fsp3) is 0.500. The van der Waals surface area contributed by atoms with Crippen LogP contribution in [-0.4, -0.2) is 45.3 Å². The Hall–Kier alpha value is -1.19. The van der Waals surface area contributed by atoms with Crippen LogP contribution in [-0.2, 0) is 0 Å². The highest BCUT2D eigenvalue weighted by Gasteiger charge is 2.13. The summed E-state index contributed by atoms with van der Waals surface area (Å²) < 4.78 is 6.14. The molecule has 0 aromatic carbocycles. The van der Waals surface area contributed by atoms with Crippen LogP contribution < -0.4 is 9.64 Å². The molecular formula is C10H13ClN6OS2. The SMILES string of the molecule is CC(C)Oc1nc(Cl)nc(Sc2nnc(N(C)C)s2)n1. The molecule has 0 spiro atoms. The molecule has 0 atom stereocenters. The van der Waals surface area contributed by atoms with Crippen molar-refractivity contribution in [3.8, 4) is 6.01 Å². The molecule has 0 unspecified atom stereocenters. The molecule has 2 aromatic rings. The second-order valence-electron chi connectivity index (χ2n) is 4.18. The molecule has 0 bridgehead atoms. The third-order valence-electron chi connectivity index (χ3n) is 1.87. The number of hydrogen-bond acceptors (Lipinski definition) is 9. The van der Waals surface area contributed by atoms with Crippen molar-refractivity contribution in [2.75, 3.05) is 19.0 Å². The maximum atomic E-state index is 5.86. The molecule has 0 aliphatic carbocycles. The lowest BCUT2D eigenvalue weighted by atomic mass is 10.5. The molecule has 2 aromatic heterocycles. The molecule has 108 valence electrons. The van der Waals surface area contributed by atoms with Crippen molar-refractivity contribution in [3.63, 3.8) is 0 Å². The summed E-state index contributed by atoms with van der Waals surface area (Å²) in [4.78, 5) is 14.0. The average Bonchev–Trinajstić information content (AvgIpc) is 2.75. The zero-order valence-electron chi connectivity index (χ0n) is 11.4. The molecule has 0 aliphatic heterocycles. The monoisotopic (exact) mass is 332 g/mol. The zero-order valence-corrected chi connectivity index (χ0v) is 13.8. The summed E-state index contributed by atoms with van der Waals surface area (Å²) in [7, 11) is 3.81. The lowest BCUT2D eigenvalue weighted by Crippen LogP contribution is -2.09. The molecule has 0 fully saturated rings. The van der Waals surface area contributed by atoms with E-state index in [1.807, 2.05) is 32.8 Å². The smallest absolute Gasteiger partial charge is 0.322 e. The van der Waals surface area contributed by atoms with Crippen LogP contribution in [0, 0.1) is 0 Å². The molecule has 7 nitrogen and oxygen atoms in total. The topological polar surface area (TPSA) is 76.9 Å². The van der Waals surface area contributed by atoms with E-state index in [-0.39, 0.29) is 17.4 Å². The van der Waals surface area contributed by atoms with Crippen LogP contribution in [0.15, 0.2) is 9.50 Å². The summed E-state index contributed by atoms with van der Waals surface area (Å²) in [6.07, 6.45) is -0.0341. The largest absolute Gasteiger partial charge is 0.461 e. The molecule has 10 heteroatoms. The van der Waals surface area contributed by atoms with Gasteiger partial charge in [-0.15, -0.1) is 10.2 Å². The number of aromatic nitrogens is 5. The van der Waals surface area contributed by atoms with E-state index in [0.717, 1.165) is 9.47 Å². The van der Waals surface area contributed by atoms with Gasteiger partial charge in [0.25, 0.3) is 0 Å². The van der Waals surface area contributed by atoms with E-state index in [1.165, 1.54) is 23.1 Å². The predicted molar refractivity (Wildman–Crippen MR) is 79.0 cm³/mol. The Morgan fingerprint density at radius 3 is 2.55 bits per heavy atom. The van der Waals surface area contributed by atoms with Gasteiger partial charge in [-0.3, -0.25) is 0 Å². The van der Waals surface area contributed by atoms with Gasteiger partial charge in [-0.25, -0.2) is 0 Å². The first-order valence-electron chi connectivity index (χ1n) is 5.71. The second-order valence-corrected chi connectivity index (χ2v) is 6.69. The van der Waals surface area contributed by atoms with Gasteiger partial charge >= 0.3 is 6.01 Å². The van der Waals surface area contributed by atoms with Gasteiger partial charge in [-0.2, -0.15) is 15.0 Å². The number of nitrogens with zero attached hydrogens (tertiary/aromatic N) is 6. The van der Waals surface area contributed by atoms with Crippen LogP contribution >= 0.6 is 34.7 Å². The van der Waals surface area contributed by atoms with Crippen molar-refractivity contribution in [1.29, 1.82) is 0 Å². The van der Waals surface area contributed by atoms with Gasteiger partial charge in [0.1, 0.15) is 0 Å². The summed E-state index contributed by atoms with van der Waals surface area (Å²) in [5, 5.41) is 9.44. The van der Waals surface area contributed by atoms with E-state index >= 15 is 0 Å². The third kappa shape index (κ3) is 4.15. The van der Waals surface area contributed by atoms with E-state index in [4.69, 9.17) is 16.3 Å². The molecule has 0 radical (unpaired) electrons. The van der Waals surface area contributed by atoms with E-state index in [9.17, 15) is 0 Å². The summed E-state index contributed by atoms with van der Waals surface area (Å²) in [6, 6.07) is 0.208. The van der Waals surface area contributed by atoms with Crippen molar-refractivity contribution >= 4 is 39.8 Å². The van der Waals surface area contributed by atoms with E-state index < -0.39 is 0 Å². The van der Waals surface area contributed by atoms with Crippen molar-refractivity contribution in [1.82, 2.24) is 25.1 Å². The first-order valence-corrected chi connectivity index (χ1v) is 7.72. The van der Waals surface area contributed by atoms with Gasteiger partial charge in [0.2, 0.25) is 15.6 Å². The normalized spacial score (nSPS) is 10.9. The van der Waals surface area contributed by atoms with Crippen LogP contribution in [0.25, 0.3) is 0 Å². The maximum Gasteiger partial charge on any atom is 0.322 e. The maximum absolute atomic E-state index is 5.86. The Labute approximate surface area is 129 Å². The zero-order chi connectivity index (χ0) is 14.7. The molecule has 0 N–H and O–H groups in total. The van der Waals surface area contributed by atoms with Crippen LogP contribution in [0.4, 0.5) is 5.13 Å². The molecule has 0 saturated carbocycles. The summed E-state index contributed by atoms with van der Waals surface area (Å²) in [5.41, 5.74) is 0. The fourth-order valence-electron chi connectivity index (χ4n) is 1.13. The molecule has 0 aliphatic rings. The van der Waals surface area contributed by atoms with Crippen molar-refractivity contribution in [2.24, 2.45) is 0 Å². The first kappa shape index (κ1) is 15.2. The first-order chi connectivity index (χ1) is 9.44. The summed E-state index contributed by atoms with van der Waals surface area (Å²) in [5.74, 6) is 0. The minimum Gasteiger partial charge on any atom is -0.461 e. The number of halogens is 1. The lowest BCUT2D eigenvalue weighted by Gasteiger charge is -2.07. The molecule has 0 saturated heterocycles. The summed E-state index contributed by atoms with van der Waals surface area (Å²) in [6.45, 7) is 3.78. The Balaban J connectivity index is 2.17. The van der Waals surface area contributed by atoms with Gasteiger partial charge < -0.3 is 9.64 Å². The van der Waals surface area contributed by atoms with Gasteiger partial charge in [0, 0.05) is 14.1 Å². The van der Waals surface area contributed by atoms with E-state index in [0.29, 0.717) is 5.16 Å². The van der Waals surface area contributed by atoms with Gasteiger partial charge in [-0.1, -0.05) is 11.3 Å². The Kier molecular flexibility index (Phi) is 4.95. The van der Waals surface area contributed by atoms with Gasteiger partial charge in [0.15, 0.2) is 4.34 Å². The number of anilines is 1. The van der Waals surface area contributed by atoms with Gasteiger partial charge in [0.05, 0.1) is 6.10 Å². The van der Waals surface area contributed by atoms with Crippen LogP contribution in [0.5, 0.6) is 6.01 Å². The highest BCUT2D eigenvalue weighted by Crippen LogP contribution is 2.31. The van der Waals surface area contributed by atoms with Crippen molar-refractivity contribution < 1.29 is 4.74 Å². The fourth-order valence-corrected chi connectivity index (χ4v) is 2.94. The van der Waals surface area contributed by atoms with Crippen LogP contribution in [0.3, 0.4) is 0 Å². The predicted octanol–water partition coefficient (Wildman–Crippen LogP) is 2.38. The minimum atomic E-state index is -0.0341. The van der Waals surface area contributed by atoms with Gasteiger partial charge in [-0.05, 0) is 37.2 Å². The Bertz CT molecular complexity index is 591. The van der Waals surface area contributed by atoms with E-state index in [1.54, 1.807) is 0 Å². The molecule has 20 heavy (non-hydrogen) atoms. The summed E-state index contributed by atoms with van der Waals surface area (Å²) >= 11 is 8.58. The molecule has 2 heterocycles. The highest BCUT2D eigenvalue weighted by atomic mass is 35.5. The Morgan fingerprint density at radius 2 is 1.95 bits per heavy atom. The standard InChI is InChI=1S/C10H13ClN6OS2/c1-5(2)18-7-12-6(11)13-8(14-7)19-10-16-15-9(20-10)17(3)4/h5H,1-4H3. The van der Waals surface area contributed by atoms with E-state index in [2.05, 4.69) is 25.1 Å². The minimum absolute atomic E-state index is 0.0341. The average molecular weight is 333 g/mol. The molecule has 0 amide bonds. The quantitative estimate of drug-likeness (QED) is 0.826. The van der Waals surface area contributed by atoms with Crippen molar-refractivity contribution in [3.05, 3.63) is 5.28 Å². The van der Waals surface area contributed by atoms with Crippen LogP contribution in [0.1, 0.15) is 13.8 Å². The lowest BCUT2D eigenvalue weighted by molar-refractivity contribution is 0.219. The number of ether oxygens (including phenoxy) is 1. The van der Waals surface area contributed by atoms with Crippen molar-refractivity contribution in [2.45, 2.75) is 29.4 Å². The Morgan fingerprint density at radius 1 is 1.20 bits per heavy atom. The highest BCUT2D eigenvalue weighted by molar-refractivity contribution is 8.00. The second kappa shape index (κ2) is 6.51. The molecule has 2 rings (SSSR count).